The number of aryl methyl sites for hydroxylation is 1. The van der Waals surface area contributed by atoms with Crippen molar-refractivity contribution in [1.29, 1.82) is 0 Å². The average molecular weight is 1850 g/mol. The number of carboxylic acids is 1. The number of likely N-dealkylation sites (tertiary alicyclic amines) is 10. The molecule has 12 aliphatic rings. The van der Waals surface area contributed by atoms with Gasteiger partial charge in [0.1, 0.15) is 67.5 Å². The van der Waals surface area contributed by atoms with Gasteiger partial charge in [0.25, 0.3) is 10.1 Å². The Hall–Kier alpha value is -7.59. The van der Waals surface area contributed by atoms with Crippen molar-refractivity contribution >= 4 is 137 Å². The molecule has 0 aromatic heterocycles. The lowest BCUT2D eigenvalue weighted by atomic mass is 9.77. The Morgan fingerprint density at radius 2 is 0.829 bits per heavy atom. The Morgan fingerprint density at radius 3 is 1.22 bits per heavy atom. The fourth-order valence-electron chi connectivity index (χ4n) is 21.7. The lowest BCUT2D eigenvalue weighted by molar-refractivity contribution is -0.401. The first-order valence-corrected chi connectivity index (χ1v) is 46.7. The Balaban J connectivity index is 0.578. The molecule has 0 spiro atoms. The van der Waals surface area contributed by atoms with Crippen molar-refractivity contribution in [1.82, 2.24) is 49.0 Å². The van der Waals surface area contributed by atoms with Crippen molar-refractivity contribution in [2.75, 3.05) is 89.7 Å². The van der Waals surface area contributed by atoms with Crippen LogP contribution in [0.25, 0.3) is 0 Å². The van der Waals surface area contributed by atoms with E-state index in [2.05, 4.69) is 138 Å². The number of hydrogen-bond donors (Lipinski definition) is 2. The van der Waals surface area contributed by atoms with Gasteiger partial charge in [-0.25, -0.2) is 4.79 Å². The van der Waals surface area contributed by atoms with Crippen LogP contribution < -0.4 is 4.90 Å². The van der Waals surface area contributed by atoms with Gasteiger partial charge in [0.15, 0.2) is 5.71 Å². The molecule has 10 amide bonds. The van der Waals surface area contributed by atoms with Crippen LogP contribution in [0.1, 0.15) is 204 Å². The summed E-state index contributed by atoms with van der Waals surface area (Å²) in [5.41, 5.74) is 7.34. The molecule has 10 fully saturated rings. The molecule has 11 atom stereocenters. The molecule has 0 saturated carbocycles. The lowest BCUT2D eigenvalue weighted by Gasteiger charge is -2.37. The minimum absolute atomic E-state index is 0.127. The number of rotatable bonds is 24. The van der Waals surface area contributed by atoms with E-state index in [-0.39, 0.29) is 103 Å². The number of carbonyl (C=O) groups is 11. The summed E-state index contributed by atoms with van der Waals surface area (Å²) in [6.07, 6.45) is 26.7. The summed E-state index contributed by atoms with van der Waals surface area (Å²) in [6.45, 7) is 12.4. The fourth-order valence-corrected chi connectivity index (χ4v) is 24.7. The molecule has 30 heteroatoms. The summed E-state index contributed by atoms with van der Waals surface area (Å²) in [5, 5.41) is 9.83. The highest BCUT2D eigenvalue weighted by Crippen LogP contribution is 2.52. The standard InChI is InChI=1S/C87H114I2N12O15S/c1-56-38-39-60-58(53-56)87(4,40-12-14-52-117(114,115)116)73(36-10-8-6-7-9-35-72-86(2,3)75-59(89)54-57(88)55-71(75)90(72)5)91(60)41-13-11-37-74(102)92-42-15-25-61(92)76(103)93-43-16-26-62(93)77(104)94-44-17-27-63(94)78(105)95-45-18-28-64(95)79(106)96-46-19-29-65(96)80(107)97-47-20-30-66(97)81(108)98-48-21-31-67(98)82(109)99-49-22-32-68(99)83(110)100-50-23-33-69(100)84(111)101-51-24-34-70(101)85(112)113/h6-10,35-36,38-39,53-55,61-70H,11-34,37,40-52H2,1-5H3,(H-,112,113,114,115,116)/p+1. The summed E-state index contributed by atoms with van der Waals surface area (Å²) in [5.74, 6) is -4.58. The summed E-state index contributed by atoms with van der Waals surface area (Å²) >= 11 is 4.81. The first kappa shape index (κ1) is 85.8. The third kappa shape index (κ3) is 17.2. The van der Waals surface area contributed by atoms with E-state index >= 15 is 14.4 Å². The topological polar surface area (TPSA) is 301 Å². The average Bonchev–Trinajstić information content (AvgIpc) is 1.58. The second-order valence-corrected chi connectivity index (χ2v) is 39.0. The van der Waals surface area contributed by atoms with E-state index in [0.717, 1.165) is 22.5 Å². The van der Waals surface area contributed by atoms with E-state index in [1.165, 1.54) is 33.9 Å². The maximum absolute atomic E-state index is 15.0. The maximum atomic E-state index is 15.0. The number of hydrogen-bond acceptors (Lipinski definition) is 14. The van der Waals surface area contributed by atoms with Crippen LogP contribution in [-0.4, -0.2) is 288 Å². The number of nitrogens with zero attached hydrogens (tertiary/aromatic N) is 12. The lowest BCUT2D eigenvalue weighted by Crippen LogP contribution is -2.59. The monoisotopic (exact) mass is 1850 g/mol. The van der Waals surface area contributed by atoms with Crippen molar-refractivity contribution in [3.05, 3.63) is 102 Å². The van der Waals surface area contributed by atoms with Crippen LogP contribution in [0.15, 0.2) is 78.6 Å². The normalized spacial score (nSPS) is 28.2. The molecule has 12 heterocycles. The smallest absolute Gasteiger partial charge is 0.326 e. The van der Waals surface area contributed by atoms with Gasteiger partial charge >= 0.3 is 5.97 Å². The number of carboxylic acid groups (broad SMARTS) is 1. The summed E-state index contributed by atoms with van der Waals surface area (Å²) in [6, 6.07) is 2.34. The Kier molecular flexibility index (Phi) is 26.4. The van der Waals surface area contributed by atoms with Crippen LogP contribution in [0, 0.1) is 14.1 Å². The number of anilines is 1. The van der Waals surface area contributed by atoms with Gasteiger partial charge < -0.3 is 59.0 Å². The highest BCUT2D eigenvalue weighted by molar-refractivity contribution is 14.1. The number of amides is 10. The first-order chi connectivity index (χ1) is 56.0. The molecular weight excluding hydrogens is 1740 g/mol. The van der Waals surface area contributed by atoms with E-state index in [9.17, 15) is 56.4 Å². The van der Waals surface area contributed by atoms with E-state index < -0.39 is 81.9 Å². The van der Waals surface area contributed by atoms with Crippen LogP contribution in [0.2, 0.25) is 0 Å². The zero-order valence-corrected chi connectivity index (χ0v) is 73.4. The van der Waals surface area contributed by atoms with Gasteiger partial charge in [-0.2, -0.15) is 13.0 Å². The number of benzene rings is 2. The highest BCUT2D eigenvalue weighted by atomic mass is 127. The summed E-state index contributed by atoms with van der Waals surface area (Å²) in [4.78, 5) is 177. The van der Waals surface area contributed by atoms with E-state index in [0.29, 0.717) is 206 Å². The highest BCUT2D eigenvalue weighted by Gasteiger charge is 2.54. The van der Waals surface area contributed by atoms with Crippen LogP contribution >= 0.6 is 45.2 Å². The molecule has 117 heavy (non-hydrogen) atoms. The van der Waals surface area contributed by atoms with Crippen molar-refractivity contribution in [3.63, 3.8) is 0 Å². The van der Waals surface area contributed by atoms with E-state index in [4.69, 9.17) is 0 Å². The van der Waals surface area contributed by atoms with Gasteiger partial charge in [0.2, 0.25) is 64.8 Å². The molecule has 12 aliphatic heterocycles. The number of aliphatic carboxylic acids is 1. The van der Waals surface area contributed by atoms with Gasteiger partial charge in [-0.05, 0) is 251 Å². The van der Waals surface area contributed by atoms with E-state index in [1.54, 1.807) is 39.2 Å². The molecular formula is C87H115I2N12O15S+. The molecule has 2 N–H and O–H groups in total. The number of carbonyl (C=O) groups excluding carboxylic acids is 10. The Bertz CT molecular complexity index is 4560. The largest absolute Gasteiger partial charge is 0.480 e. The van der Waals surface area contributed by atoms with Crippen LogP contribution in [-0.2, 0) is 73.7 Å². The number of halogens is 2. The Labute approximate surface area is 714 Å². The molecule has 632 valence electrons. The second kappa shape index (κ2) is 36.0. The van der Waals surface area contributed by atoms with Gasteiger partial charge in [0, 0.05) is 114 Å². The van der Waals surface area contributed by atoms with Crippen molar-refractivity contribution < 1.29 is 75.4 Å². The zero-order valence-electron chi connectivity index (χ0n) is 68.3. The molecule has 2 aromatic rings. The first-order valence-electron chi connectivity index (χ1n) is 42.9. The molecule has 10 saturated heterocycles. The third-order valence-corrected chi connectivity index (χ3v) is 29.7. The van der Waals surface area contributed by atoms with E-state index in [1.807, 2.05) is 24.3 Å². The second-order valence-electron chi connectivity index (χ2n) is 35.0. The molecule has 14 rings (SSSR count). The predicted molar refractivity (Wildman–Crippen MR) is 456 cm³/mol. The molecule has 0 aliphatic carbocycles. The van der Waals surface area contributed by atoms with Gasteiger partial charge in [0.05, 0.1) is 16.7 Å². The van der Waals surface area contributed by atoms with Gasteiger partial charge in [-0.3, -0.25) is 52.5 Å². The molecule has 2 aromatic carbocycles. The minimum Gasteiger partial charge on any atom is -0.480 e. The number of allylic oxidation sites excluding steroid dienone is 8. The maximum Gasteiger partial charge on any atom is 0.326 e. The van der Waals surface area contributed by atoms with Crippen LogP contribution in [0.4, 0.5) is 11.4 Å². The summed E-state index contributed by atoms with van der Waals surface area (Å²) in [7, 11) is -2.03. The predicted octanol–water partition coefficient (Wildman–Crippen LogP) is 8.76. The van der Waals surface area contributed by atoms with Gasteiger partial charge in [-0.1, -0.05) is 54.5 Å². The van der Waals surface area contributed by atoms with Crippen LogP contribution in [0.3, 0.4) is 0 Å². The Morgan fingerprint density at radius 1 is 0.470 bits per heavy atom. The minimum atomic E-state index is -4.14. The van der Waals surface area contributed by atoms with Crippen molar-refractivity contribution in [3.8, 4) is 0 Å². The van der Waals surface area contributed by atoms with Crippen LogP contribution in [0.5, 0.6) is 0 Å². The summed E-state index contributed by atoms with van der Waals surface area (Å²) < 4.78 is 38.1. The van der Waals surface area contributed by atoms with Crippen molar-refractivity contribution in [2.24, 2.45) is 0 Å². The fraction of sp³-hybridized carbons (Fsp3) is 0.632. The molecule has 0 bridgehead atoms. The third-order valence-electron chi connectivity index (χ3n) is 27.5. The zero-order chi connectivity index (χ0) is 83.1. The van der Waals surface area contributed by atoms with Crippen molar-refractivity contribution in [2.45, 2.75) is 266 Å². The quantitative estimate of drug-likeness (QED) is 0.0326. The van der Waals surface area contributed by atoms with Gasteiger partial charge in [-0.15, -0.1) is 0 Å². The molecule has 0 radical (unpaired) electrons. The number of unbranched alkanes of at least 4 members (excludes halogenated alkanes) is 2. The SMILES string of the molecule is Cc1ccc2c(c1)C(C)(CCCCS(=O)(=O)O)C(=CC=CC=CC=CC1=[N+](C)c3cc(I)cc(I)c3C1(C)C)N2CCCCC(=O)N1CCCC1C(=O)N1CCCC1C(=O)N1CCCC1C(=O)N1CCCC1C(=O)N1CCCC1C(=O)N1CCCC1C(=O)N1CCCC1C(=O)N1CCCC1C(=O)N1CCCC1C(=O)N1CCCC1C(=O)O. The number of fused-ring (bicyclic) bond motifs is 2. The molecule has 11 unspecified atom stereocenters. The molecule has 27 nitrogen and oxygen atoms in total.